The van der Waals surface area contributed by atoms with E-state index in [0.717, 1.165) is 38.4 Å². The van der Waals surface area contributed by atoms with Crippen molar-refractivity contribution in [1.29, 1.82) is 0 Å². The van der Waals surface area contributed by atoms with Gasteiger partial charge in [-0.25, -0.2) is 0 Å². The highest BCUT2D eigenvalue weighted by atomic mass is 16.2. The van der Waals surface area contributed by atoms with E-state index < -0.39 is 0 Å². The van der Waals surface area contributed by atoms with Crippen molar-refractivity contribution in [3.05, 3.63) is 29.8 Å². The van der Waals surface area contributed by atoms with Gasteiger partial charge >= 0.3 is 0 Å². The largest absolute Gasteiger partial charge is 0.325 e. The van der Waals surface area contributed by atoms with Crippen molar-refractivity contribution < 1.29 is 4.79 Å². The van der Waals surface area contributed by atoms with Crippen LogP contribution in [-0.4, -0.2) is 62.5 Å². The highest BCUT2D eigenvalue weighted by Crippen LogP contribution is 2.10. The first kappa shape index (κ1) is 15.0. The summed E-state index contributed by atoms with van der Waals surface area (Å²) in [4.78, 5) is 16.3. The van der Waals surface area contributed by atoms with Gasteiger partial charge in [-0.2, -0.15) is 0 Å². The van der Waals surface area contributed by atoms with Crippen molar-refractivity contribution >= 4 is 11.6 Å². The van der Waals surface area contributed by atoms with Gasteiger partial charge in [-0.3, -0.25) is 9.69 Å². The van der Waals surface area contributed by atoms with Gasteiger partial charge in [0, 0.05) is 38.4 Å². The number of carbonyl (C=O) groups excluding carboxylic acids is 1. The molecule has 110 valence electrons. The molecule has 0 aliphatic carbocycles. The fourth-order valence-electron chi connectivity index (χ4n) is 2.33. The molecule has 1 heterocycles. The maximum absolute atomic E-state index is 12.0. The molecule has 1 amide bonds. The maximum Gasteiger partial charge on any atom is 0.238 e. The van der Waals surface area contributed by atoms with Crippen LogP contribution in [0.4, 0.5) is 5.69 Å². The first-order valence-corrected chi connectivity index (χ1v) is 7.10. The summed E-state index contributed by atoms with van der Waals surface area (Å²) < 4.78 is 0. The lowest BCUT2D eigenvalue weighted by molar-refractivity contribution is -0.117. The Balaban J connectivity index is 1.81. The number of benzene rings is 1. The molecule has 20 heavy (non-hydrogen) atoms. The highest BCUT2D eigenvalue weighted by Gasteiger charge is 2.13. The zero-order valence-corrected chi connectivity index (χ0v) is 12.4. The van der Waals surface area contributed by atoms with Crippen molar-refractivity contribution in [2.75, 3.05) is 52.1 Å². The van der Waals surface area contributed by atoms with E-state index in [4.69, 9.17) is 0 Å². The Morgan fingerprint density at radius 2 is 1.90 bits per heavy atom. The predicted molar refractivity (Wildman–Crippen MR) is 81.8 cm³/mol. The van der Waals surface area contributed by atoms with Gasteiger partial charge in [0.15, 0.2) is 0 Å². The summed E-state index contributed by atoms with van der Waals surface area (Å²) in [6.45, 7) is 5.19. The fourth-order valence-corrected chi connectivity index (χ4v) is 2.33. The summed E-state index contributed by atoms with van der Waals surface area (Å²) in [6.07, 6.45) is 0. The zero-order valence-electron chi connectivity index (χ0n) is 12.4. The molecule has 5 nitrogen and oxygen atoms in total. The smallest absolute Gasteiger partial charge is 0.238 e. The average molecular weight is 276 g/mol. The van der Waals surface area contributed by atoms with Gasteiger partial charge < -0.3 is 15.5 Å². The summed E-state index contributed by atoms with van der Waals surface area (Å²) in [6, 6.07) is 8.05. The van der Waals surface area contributed by atoms with E-state index in [9.17, 15) is 4.79 Å². The monoisotopic (exact) mass is 276 g/mol. The molecule has 0 unspecified atom stereocenters. The summed E-state index contributed by atoms with van der Waals surface area (Å²) >= 11 is 0. The third kappa shape index (κ3) is 4.92. The number of piperazine rings is 1. The molecule has 1 saturated heterocycles. The molecule has 1 fully saturated rings. The molecule has 0 radical (unpaired) electrons. The molecule has 0 atom stereocenters. The Morgan fingerprint density at radius 1 is 1.25 bits per heavy atom. The Labute approximate surface area is 120 Å². The van der Waals surface area contributed by atoms with Gasteiger partial charge in [0.1, 0.15) is 0 Å². The van der Waals surface area contributed by atoms with Crippen molar-refractivity contribution in [1.82, 2.24) is 15.1 Å². The second kappa shape index (κ2) is 7.38. The maximum atomic E-state index is 12.0. The van der Waals surface area contributed by atoms with Gasteiger partial charge in [-0.15, -0.1) is 0 Å². The molecule has 2 N–H and O–H groups in total. The summed E-state index contributed by atoms with van der Waals surface area (Å²) in [5, 5.41) is 6.24. The van der Waals surface area contributed by atoms with Crippen molar-refractivity contribution in [3.63, 3.8) is 0 Å². The molecular weight excluding hydrogens is 252 g/mol. The van der Waals surface area contributed by atoms with Crippen LogP contribution in [0.5, 0.6) is 0 Å². The minimum atomic E-state index is 0.0623. The lowest BCUT2D eigenvalue weighted by Gasteiger charge is -2.26. The van der Waals surface area contributed by atoms with Crippen LogP contribution < -0.4 is 10.6 Å². The van der Waals surface area contributed by atoms with E-state index >= 15 is 0 Å². The third-order valence-electron chi connectivity index (χ3n) is 3.31. The number of anilines is 1. The molecule has 1 aromatic carbocycles. The second-order valence-electron chi connectivity index (χ2n) is 5.51. The number of hydrogen-bond donors (Lipinski definition) is 2. The van der Waals surface area contributed by atoms with Crippen LogP contribution in [-0.2, 0) is 11.3 Å². The van der Waals surface area contributed by atoms with E-state index in [1.54, 1.807) is 0 Å². The number of nitrogens with one attached hydrogen (secondary N) is 2. The molecule has 1 aliphatic heterocycles. The molecular formula is C15H24N4O. The average Bonchev–Trinajstić information content (AvgIpc) is 2.41. The standard InChI is InChI=1S/C15H24N4O/c1-18(2)11-13-3-5-14(6-4-13)17-15(20)12-19-9-7-16-8-10-19/h3-6,16H,7-12H2,1-2H3,(H,17,20). The Kier molecular flexibility index (Phi) is 5.52. The second-order valence-corrected chi connectivity index (χ2v) is 5.51. The van der Waals surface area contributed by atoms with E-state index in [1.807, 2.05) is 26.2 Å². The summed E-state index contributed by atoms with van der Waals surface area (Å²) in [5.74, 6) is 0.0623. The van der Waals surface area contributed by atoms with Crippen LogP contribution in [0.1, 0.15) is 5.56 Å². The minimum absolute atomic E-state index is 0.0623. The SMILES string of the molecule is CN(C)Cc1ccc(NC(=O)CN2CCNCC2)cc1. The van der Waals surface area contributed by atoms with Crippen LogP contribution >= 0.6 is 0 Å². The van der Waals surface area contributed by atoms with E-state index in [0.29, 0.717) is 6.54 Å². The molecule has 0 spiro atoms. The molecule has 0 aromatic heterocycles. The number of carbonyl (C=O) groups is 1. The van der Waals surface area contributed by atoms with E-state index in [2.05, 4.69) is 32.6 Å². The molecule has 0 saturated carbocycles. The van der Waals surface area contributed by atoms with Crippen LogP contribution in [0.25, 0.3) is 0 Å². The Bertz CT molecular complexity index is 424. The Hall–Kier alpha value is -1.43. The van der Waals surface area contributed by atoms with Gasteiger partial charge in [0.2, 0.25) is 5.91 Å². The van der Waals surface area contributed by atoms with E-state index in [-0.39, 0.29) is 5.91 Å². The van der Waals surface area contributed by atoms with Gasteiger partial charge in [0.05, 0.1) is 6.54 Å². The first-order valence-electron chi connectivity index (χ1n) is 7.10. The van der Waals surface area contributed by atoms with Crippen LogP contribution in [0.15, 0.2) is 24.3 Å². The number of hydrogen-bond acceptors (Lipinski definition) is 4. The normalized spacial score (nSPS) is 16.4. The van der Waals surface area contributed by atoms with Crippen LogP contribution in [0, 0.1) is 0 Å². The quantitative estimate of drug-likeness (QED) is 0.826. The number of amides is 1. The molecule has 1 aromatic rings. The third-order valence-corrected chi connectivity index (χ3v) is 3.31. The van der Waals surface area contributed by atoms with Gasteiger partial charge in [-0.1, -0.05) is 12.1 Å². The zero-order chi connectivity index (χ0) is 14.4. The van der Waals surface area contributed by atoms with Gasteiger partial charge in [-0.05, 0) is 31.8 Å². The Morgan fingerprint density at radius 3 is 2.50 bits per heavy atom. The fraction of sp³-hybridized carbons (Fsp3) is 0.533. The van der Waals surface area contributed by atoms with Crippen molar-refractivity contribution in [3.8, 4) is 0 Å². The van der Waals surface area contributed by atoms with Crippen molar-refractivity contribution in [2.45, 2.75) is 6.54 Å². The van der Waals surface area contributed by atoms with Crippen LogP contribution in [0.3, 0.4) is 0 Å². The number of nitrogens with zero attached hydrogens (tertiary/aromatic N) is 2. The minimum Gasteiger partial charge on any atom is -0.325 e. The summed E-state index contributed by atoms with van der Waals surface area (Å²) in [7, 11) is 4.09. The highest BCUT2D eigenvalue weighted by molar-refractivity contribution is 5.92. The van der Waals surface area contributed by atoms with Crippen molar-refractivity contribution in [2.24, 2.45) is 0 Å². The molecule has 0 bridgehead atoms. The van der Waals surface area contributed by atoms with Gasteiger partial charge in [0.25, 0.3) is 0 Å². The molecule has 5 heteroatoms. The predicted octanol–water partition coefficient (Wildman–Crippen LogP) is 0.592. The molecule has 2 rings (SSSR count). The lowest BCUT2D eigenvalue weighted by Crippen LogP contribution is -2.46. The van der Waals surface area contributed by atoms with E-state index in [1.165, 1.54) is 5.56 Å². The molecule has 1 aliphatic rings. The topological polar surface area (TPSA) is 47.6 Å². The number of rotatable bonds is 5. The summed E-state index contributed by atoms with van der Waals surface area (Å²) in [5.41, 5.74) is 2.11. The first-order chi connectivity index (χ1) is 9.63. The van der Waals surface area contributed by atoms with Crippen LogP contribution in [0.2, 0.25) is 0 Å². The lowest BCUT2D eigenvalue weighted by atomic mass is 10.2.